The molecule has 0 unspecified atom stereocenters. The molecule has 2 aromatic rings. The zero-order chi connectivity index (χ0) is 14.8. The van der Waals surface area contributed by atoms with Crippen LogP contribution in [0.2, 0.25) is 0 Å². The van der Waals surface area contributed by atoms with E-state index in [0.717, 1.165) is 29.8 Å². The number of hydrogen-bond donors (Lipinski definition) is 0. The number of ether oxygens (including phenoxy) is 1. The molecule has 0 radical (unpaired) electrons. The van der Waals surface area contributed by atoms with Crippen molar-refractivity contribution >= 4 is 5.78 Å². The number of aromatic nitrogens is 1. The van der Waals surface area contributed by atoms with E-state index in [1.54, 1.807) is 17.7 Å². The van der Waals surface area contributed by atoms with Crippen LogP contribution in [0.15, 0.2) is 41.2 Å². The third kappa shape index (κ3) is 2.49. The Hall–Kier alpha value is -2.36. The van der Waals surface area contributed by atoms with Gasteiger partial charge in [0.15, 0.2) is 5.78 Å². The second kappa shape index (κ2) is 5.56. The first-order valence-electron chi connectivity index (χ1n) is 7.08. The molecule has 1 heterocycles. The van der Waals surface area contributed by atoms with Crippen LogP contribution in [0.1, 0.15) is 34.5 Å². The van der Waals surface area contributed by atoms with Crippen molar-refractivity contribution in [2.24, 2.45) is 0 Å². The van der Waals surface area contributed by atoms with Gasteiger partial charge in [-0.25, -0.2) is 0 Å². The summed E-state index contributed by atoms with van der Waals surface area (Å²) in [5.41, 5.74) is 2.41. The van der Waals surface area contributed by atoms with Crippen LogP contribution in [0.25, 0.3) is 0 Å². The number of pyridine rings is 1. The van der Waals surface area contributed by atoms with E-state index in [2.05, 4.69) is 0 Å². The van der Waals surface area contributed by atoms with Crippen LogP contribution < -0.4 is 10.3 Å². The molecule has 0 spiro atoms. The van der Waals surface area contributed by atoms with Gasteiger partial charge in [-0.2, -0.15) is 0 Å². The average molecular weight is 283 g/mol. The molecule has 0 bridgehead atoms. The summed E-state index contributed by atoms with van der Waals surface area (Å²) < 4.78 is 7.04. The van der Waals surface area contributed by atoms with Gasteiger partial charge in [-0.1, -0.05) is 18.2 Å². The van der Waals surface area contributed by atoms with Crippen molar-refractivity contribution in [3.63, 3.8) is 0 Å². The average Bonchev–Trinajstić information content (AvgIpc) is 2.51. The summed E-state index contributed by atoms with van der Waals surface area (Å²) in [6.07, 6.45) is 2.15. The maximum atomic E-state index is 12.2. The van der Waals surface area contributed by atoms with Crippen molar-refractivity contribution in [3.05, 3.63) is 63.6 Å². The Morgan fingerprint density at radius 1 is 1.10 bits per heavy atom. The SMILES string of the molecule is COc1ccccc1Cn1c2c(ccc1=O)C(=O)CCC2. The lowest BCUT2D eigenvalue weighted by atomic mass is 9.94. The van der Waals surface area contributed by atoms with Crippen molar-refractivity contribution in [1.29, 1.82) is 0 Å². The predicted molar refractivity (Wildman–Crippen MR) is 80.1 cm³/mol. The van der Waals surface area contributed by atoms with Crippen LogP contribution in [0, 0.1) is 0 Å². The molecular formula is C17H17NO3. The van der Waals surface area contributed by atoms with Crippen molar-refractivity contribution in [2.45, 2.75) is 25.8 Å². The number of fused-ring (bicyclic) bond motifs is 1. The molecule has 4 heteroatoms. The molecule has 0 atom stereocenters. The minimum atomic E-state index is -0.0747. The van der Waals surface area contributed by atoms with Crippen LogP contribution in [-0.2, 0) is 13.0 Å². The number of ketones is 1. The van der Waals surface area contributed by atoms with E-state index in [9.17, 15) is 9.59 Å². The quantitative estimate of drug-likeness (QED) is 0.869. The predicted octanol–water partition coefficient (Wildman–Crippen LogP) is 2.42. The fourth-order valence-corrected chi connectivity index (χ4v) is 2.87. The number of carbonyl (C=O) groups excluding carboxylic acids is 1. The van der Waals surface area contributed by atoms with E-state index in [0.29, 0.717) is 18.5 Å². The Labute approximate surface area is 123 Å². The standard InChI is InChI=1S/C17H17NO3/c1-21-16-8-3-2-5-12(16)11-18-14-6-4-7-15(19)13(14)9-10-17(18)20/h2-3,5,8-10H,4,6-7,11H2,1H3. The smallest absolute Gasteiger partial charge is 0.251 e. The lowest BCUT2D eigenvalue weighted by molar-refractivity contribution is 0.0970. The molecule has 0 amide bonds. The summed E-state index contributed by atoms with van der Waals surface area (Å²) >= 11 is 0. The van der Waals surface area contributed by atoms with Gasteiger partial charge in [0.2, 0.25) is 0 Å². The molecule has 1 aliphatic rings. The molecule has 0 aliphatic heterocycles. The Kier molecular flexibility index (Phi) is 3.60. The van der Waals surface area contributed by atoms with E-state index in [-0.39, 0.29) is 11.3 Å². The van der Waals surface area contributed by atoms with E-state index in [1.165, 1.54) is 6.07 Å². The molecule has 4 nitrogen and oxygen atoms in total. The maximum absolute atomic E-state index is 12.2. The van der Waals surface area contributed by atoms with Gasteiger partial charge in [0.05, 0.1) is 13.7 Å². The molecule has 0 fully saturated rings. The lowest BCUT2D eigenvalue weighted by Crippen LogP contribution is -2.28. The Balaban J connectivity index is 2.09. The number of carbonyl (C=O) groups is 1. The highest BCUT2D eigenvalue weighted by atomic mass is 16.5. The Bertz CT molecular complexity index is 746. The molecule has 21 heavy (non-hydrogen) atoms. The summed E-state index contributed by atoms with van der Waals surface area (Å²) in [7, 11) is 1.62. The minimum Gasteiger partial charge on any atom is -0.496 e. The van der Waals surface area contributed by atoms with Gasteiger partial charge in [-0.3, -0.25) is 9.59 Å². The highest BCUT2D eigenvalue weighted by Crippen LogP contribution is 2.23. The van der Waals surface area contributed by atoms with Crippen LogP contribution in [-0.4, -0.2) is 17.5 Å². The normalized spacial score (nSPS) is 13.9. The number of Topliss-reactive ketones (excluding diaryl/α,β-unsaturated/α-hetero) is 1. The van der Waals surface area contributed by atoms with Crippen LogP contribution in [0.5, 0.6) is 5.75 Å². The number of para-hydroxylation sites is 1. The van der Waals surface area contributed by atoms with Gasteiger partial charge in [0.1, 0.15) is 5.75 Å². The molecule has 0 saturated carbocycles. The van der Waals surface area contributed by atoms with Gasteiger partial charge in [-0.05, 0) is 25.0 Å². The number of nitrogens with zero attached hydrogens (tertiary/aromatic N) is 1. The molecule has 3 rings (SSSR count). The van der Waals surface area contributed by atoms with Crippen molar-refractivity contribution in [1.82, 2.24) is 4.57 Å². The molecule has 1 aromatic carbocycles. The van der Waals surface area contributed by atoms with Crippen molar-refractivity contribution in [3.8, 4) is 5.75 Å². The monoisotopic (exact) mass is 283 g/mol. The second-order valence-electron chi connectivity index (χ2n) is 5.21. The van der Waals surface area contributed by atoms with Gasteiger partial charge in [0, 0.05) is 29.3 Å². The summed E-state index contributed by atoms with van der Waals surface area (Å²) in [4.78, 5) is 24.2. The molecule has 0 N–H and O–H groups in total. The number of rotatable bonds is 3. The third-order valence-electron chi connectivity index (χ3n) is 3.93. The van der Waals surface area contributed by atoms with E-state index in [4.69, 9.17) is 4.74 Å². The molecule has 1 aromatic heterocycles. The number of benzene rings is 1. The summed E-state index contributed by atoms with van der Waals surface area (Å²) in [6.45, 7) is 0.430. The summed E-state index contributed by atoms with van der Waals surface area (Å²) in [5.74, 6) is 0.883. The third-order valence-corrected chi connectivity index (χ3v) is 3.93. The fraction of sp³-hybridized carbons (Fsp3) is 0.294. The molecule has 1 aliphatic carbocycles. The van der Waals surface area contributed by atoms with Gasteiger partial charge < -0.3 is 9.30 Å². The number of hydrogen-bond acceptors (Lipinski definition) is 3. The Morgan fingerprint density at radius 2 is 1.90 bits per heavy atom. The molecular weight excluding hydrogens is 266 g/mol. The second-order valence-corrected chi connectivity index (χ2v) is 5.21. The minimum absolute atomic E-state index is 0.0747. The number of methoxy groups -OCH3 is 1. The first-order chi connectivity index (χ1) is 10.2. The highest BCUT2D eigenvalue weighted by Gasteiger charge is 2.21. The largest absolute Gasteiger partial charge is 0.496 e. The topological polar surface area (TPSA) is 48.3 Å². The van der Waals surface area contributed by atoms with Crippen molar-refractivity contribution in [2.75, 3.05) is 7.11 Å². The maximum Gasteiger partial charge on any atom is 0.251 e. The van der Waals surface area contributed by atoms with Gasteiger partial charge >= 0.3 is 0 Å². The van der Waals surface area contributed by atoms with Crippen LogP contribution >= 0.6 is 0 Å². The summed E-state index contributed by atoms with van der Waals surface area (Å²) in [5, 5.41) is 0. The van der Waals surface area contributed by atoms with E-state index >= 15 is 0 Å². The molecule has 0 saturated heterocycles. The van der Waals surface area contributed by atoms with E-state index in [1.807, 2.05) is 24.3 Å². The van der Waals surface area contributed by atoms with Gasteiger partial charge in [0.25, 0.3) is 5.56 Å². The zero-order valence-electron chi connectivity index (χ0n) is 12.0. The molecule has 108 valence electrons. The zero-order valence-corrected chi connectivity index (χ0v) is 12.0. The lowest BCUT2D eigenvalue weighted by Gasteiger charge is -2.20. The first kappa shape index (κ1) is 13.6. The summed E-state index contributed by atoms with van der Waals surface area (Å²) in [6, 6.07) is 10.8. The highest BCUT2D eigenvalue weighted by molar-refractivity contribution is 5.97. The van der Waals surface area contributed by atoms with Crippen LogP contribution in [0.4, 0.5) is 0 Å². The van der Waals surface area contributed by atoms with Gasteiger partial charge in [-0.15, -0.1) is 0 Å². The van der Waals surface area contributed by atoms with Crippen molar-refractivity contribution < 1.29 is 9.53 Å². The van der Waals surface area contributed by atoms with Crippen LogP contribution in [0.3, 0.4) is 0 Å². The fourth-order valence-electron chi connectivity index (χ4n) is 2.87. The Morgan fingerprint density at radius 3 is 2.71 bits per heavy atom. The first-order valence-corrected chi connectivity index (χ1v) is 7.08. The van der Waals surface area contributed by atoms with E-state index < -0.39 is 0 Å².